The summed E-state index contributed by atoms with van der Waals surface area (Å²) in [6.45, 7) is 6.48. The lowest BCUT2D eigenvalue weighted by Crippen LogP contribution is -2.31. The van der Waals surface area contributed by atoms with Crippen LogP contribution in [0.2, 0.25) is 0 Å². The van der Waals surface area contributed by atoms with Crippen molar-refractivity contribution >= 4 is 10.0 Å². The van der Waals surface area contributed by atoms with Crippen molar-refractivity contribution in [1.29, 1.82) is 0 Å². The predicted molar refractivity (Wildman–Crippen MR) is 99.9 cm³/mol. The van der Waals surface area contributed by atoms with Gasteiger partial charge in [0, 0.05) is 12.6 Å². The van der Waals surface area contributed by atoms with Crippen molar-refractivity contribution in [2.24, 2.45) is 0 Å². The molecule has 1 atom stereocenters. The Labute approximate surface area is 158 Å². The Morgan fingerprint density at radius 2 is 2.00 bits per heavy atom. The first-order valence-corrected chi connectivity index (χ1v) is 10.3. The summed E-state index contributed by atoms with van der Waals surface area (Å²) < 4.78 is 43.4. The standard InChI is InChI=1S/C19H23NO6S/c1-4-24-18-6-5-17(9-13(18)2)27(22,23)20-8-7-15(12-20)26-16-10-14(3)25-19(21)11-16/h5-6,9-11,15H,4,7-8,12H2,1-3H3/t15-/m0/s1. The van der Waals surface area contributed by atoms with E-state index in [2.05, 4.69) is 0 Å². The van der Waals surface area contributed by atoms with Crippen LogP contribution >= 0.6 is 0 Å². The molecule has 0 spiro atoms. The van der Waals surface area contributed by atoms with Gasteiger partial charge in [-0.1, -0.05) is 0 Å². The number of sulfonamides is 1. The molecule has 3 rings (SSSR count). The van der Waals surface area contributed by atoms with E-state index >= 15 is 0 Å². The van der Waals surface area contributed by atoms with Gasteiger partial charge in [-0.15, -0.1) is 0 Å². The molecular formula is C19H23NO6S. The van der Waals surface area contributed by atoms with Crippen LogP contribution in [0.4, 0.5) is 0 Å². The SMILES string of the molecule is CCOc1ccc(S(=O)(=O)N2CC[C@H](Oc3cc(C)oc(=O)c3)C2)cc1C. The summed E-state index contributed by atoms with van der Waals surface area (Å²) in [4.78, 5) is 11.7. The van der Waals surface area contributed by atoms with Crippen molar-refractivity contribution in [2.75, 3.05) is 19.7 Å². The van der Waals surface area contributed by atoms with Gasteiger partial charge in [-0.25, -0.2) is 13.2 Å². The Kier molecular flexibility index (Phi) is 5.57. The van der Waals surface area contributed by atoms with E-state index in [9.17, 15) is 13.2 Å². The second-order valence-electron chi connectivity index (χ2n) is 6.47. The van der Waals surface area contributed by atoms with Gasteiger partial charge in [-0.2, -0.15) is 4.31 Å². The largest absolute Gasteiger partial charge is 0.494 e. The number of ether oxygens (including phenoxy) is 2. The maximum absolute atomic E-state index is 12.9. The van der Waals surface area contributed by atoms with Crippen molar-refractivity contribution < 1.29 is 22.3 Å². The molecule has 0 bridgehead atoms. The van der Waals surface area contributed by atoms with Crippen molar-refractivity contribution in [3.05, 3.63) is 52.1 Å². The first kappa shape index (κ1) is 19.4. The van der Waals surface area contributed by atoms with Gasteiger partial charge in [0.1, 0.15) is 23.4 Å². The molecule has 0 N–H and O–H groups in total. The fraction of sp³-hybridized carbons (Fsp3) is 0.421. The van der Waals surface area contributed by atoms with Gasteiger partial charge >= 0.3 is 5.63 Å². The third-order valence-corrected chi connectivity index (χ3v) is 6.22. The number of aryl methyl sites for hydroxylation is 2. The molecule has 1 aliphatic heterocycles. The summed E-state index contributed by atoms with van der Waals surface area (Å²) in [6, 6.07) is 7.75. The van der Waals surface area contributed by atoms with E-state index in [1.807, 2.05) is 13.8 Å². The van der Waals surface area contributed by atoms with E-state index in [0.717, 1.165) is 5.56 Å². The van der Waals surface area contributed by atoms with Gasteiger partial charge < -0.3 is 13.9 Å². The van der Waals surface area contributed by atoms with Gasteiger partial charge in [-0.05, 0) is 51.0 Å². The van der Waals surface area contributed by atoms with Crippen LogP contribution < -0.4 is 15.1 Å². The molecule has 0 unspecified atom stereocenters. The number of rotatable bonds is 6. The van der Waals surface area contributed by atoms with Gasteiger partial charge in [-0.3, -0.25) is 0 Å². The average molecular weight is 393 g/mol. The molecule has 27 heavy (non-hydrogen) atoms. The zero-order valence-corrected chi connectivity index (χ0v) is 16.4. The second-order valence-corrected chi connectivity index (χ2v) is 8.41. The monoisotopic (exact) mass is 393 g/mol. The highest BCUT2D eigenvalue weighted by atomic mass is 32.2. The fourth-order valence-electron chi connectivity index (χ4n) is 3.10. The minimum Gasteiger partial charge on any atom is -0.494 e. The molecule has 2 aromatic rings. The van der Waals surface area contributed by atoms with Crippen LogP contribution in [0.25, 0.3) is 0 Å². The van der Waals surface area contributed by atoms with E-state index in [1.165, 1.54) is 10.4 Å². The maximum Gasteiger partial charge on any atom is 0.339 e. The molecule has 7 nitrogen and oxygen atoms in total. The zero-order chi connectivity index (χ0) is 19.6. The summed E-state index contributed by atoms with van der Waals surface area (Å²) in [7, 11) is -3.62. The molecule has 1 aliphatic rings. The first-order chi connectivity index (χ1) is 12.8. The predicted octanol–water partition coefficient (Wildman–Crippen LogP) is 2.50. The zero-order valence-electron chi connectivity index (χ0n) is 15.6. The van der Waals surface area contributed by atoms with E-state index in [1.54, 1.807) is 31.2 Å². The molecule has 2 heterocycles. The molecule has 0 aliphatic carbocycles. The van der Waals surface area contributed by atoms with Crippen LogP contribution in [0.3, 0.4) is 0 Å². The molecule has 0 saturated carbocycles. The van der Waals surface area contributed by atoms with Gasteiger partial charge in [0.05, 0.1) is 24.1 Å². The van der Waals surface area contributed by atoms with E-state index < -0.39 is 15.6 Å². The summed E-state index contributed by atoms with van der Waals surface area (Å²) >= 11 is 0. The first-order valence-electron chi connectivity index (χ1n) is 8.81. The van der Waals surface area contributed by atoms with Crippen molar-refractivity contribution in [3.8, 4) is 11.5 Å². The third kappa shape index (κ3) is 4.33. The topological polar surface area (TPSA) is 86.1 Å². The fourth-order valence-corrected chi connectivity index (χ4v) is 4.67. The highest BCUT2D eigenvalue weighted by Crippen LogP contribution is 2.27. The quantitative estimate of drug-likeness (QED) is 0.750. The number of benzene rings is 1. The summed E-state index contributed by atoms with van der Waals surface area (Å²) in [5.41, 5.74) is 0.286. The van der Waals surface area contributed by atoms with Crippen LogP contribution in [0.15, 0.2) is 44.4 Å². The molecule has 0 radical (unpaired) electrons. The molecule has 1 saturated heterocycles. The Morgan fingerprint density at radius 3 is 2.67 bits per heavy atom. The summed E-state index contributed by atoms with van der Waals surface area (Å²) in [6.07, 6.45) is 0.235. The molecule has 0 amide bonds. The molecule has 146 valence electrons. The van der Waals surface area contributed by atoms with E-state index in [-0.39, 0.29) is 17.5 Å². The normalized spacial score (nSPS) is 17.8. The van der Waals surface area contributed by atoms with Gasteiger partial charge in [0.15, 0.2) is 0 Å². The Morgan fingerprint density at radius 1 is 1.22 bits per heavy atom. The number of hydrogen-bond acceptors (Lipinski definition) is 6. The van der Waals surface area contributed by atoms with Crippen LogP contribution in [-0.4, -0.2) is 38.5 Å². The maximum atomic E-state index is 12.9. The lowest BCUT2D eigenvalue weighted by molar-refractivity contribution is 0.213. The highest BCUT2D eigenvalue weighted by molar-refractivity contribution is 7.89. The summed E-state index contributed by atoms with van der Waals surface area (Å²) in [5.74, 6) is 1.52. The molecule has 1 fully saturated rings. The second kappa shape index (κ2) is 7.74. The van der Waals surface area contributed by atoms with Crippen molar-refractivity contribution in [3.63, 3.8) is 0 Å². The average Bonchev–Trinajstić information content (AvgIpc) is 3.05. The summed E-state index contributed by atoms with van der Waals surface area (Å²) in [5, 5.41) is 0. The molecule has 8 heteroatoms. The Hall–Kier alpha value is -2.32. The minimum absolute atomic E-state index is 0.230. The van der Waals surface area contributed by atoms with Crippen molar-refractivity contribution in [2.45, 2.75) is 38.2 Å². The van der Waals surface area contributed by atoms with Crippen LogP contribution in [0.1, 0.15) is 24.7 Å². The van der Waals surface area contributed by atoms with Crippen LogP contribution in [0.5, 0.6) is 11.5 Å². The lowest BCUT2D eigenvalue weighted by atomic mass is 10.2. The van der Waals surface area contributed by atoms with Crippen molar-refractivity contribution in [1.82, 2.24) is 4.31 Å². The highest BCUT2D eigenvalue weighted by Gasteiger charge is 2.34. The lowest BCUT2D eigenvalue weighted by Gasteiger charge is -2.18. The molecule has 1 aromatic carbocycles. The van der Waals surface area contributed by atoms with Gasteiger partial charge in [0.25, 0.3) is 0 Å². The third-order valence-electron chi connectivity index (χ3n) is 4.36. The Balaban J connectivity index is 1.73. The smallest absolute Gasteiger partial charge is 0.339 e. The van der Waals surface area contributed by atoms with Crippen LogP contribution in [0, 0.1) is 13.8 Å². The Bertz CT molecular complexity index is 982. The van der Waals surface area contributed by atoms with Crippen LogP contribution in [-0.2, 0) is 10.0 Å². The minimum atomic E-state index is -3.62. The van der Waals surface area contributed by atoms with Gasteiger partial charge in [0.2, 0.25) is 10.0 Å². The number of nitrogens with zero attached hydrogens (tertiary/aromatic N) is 1. The van der Waals surface area contributed by atoms with E-state index in [4.69, 9.17) is 13.9 Å². The molecule has 1 aromatic heterocycles. The number of hydrogen-bond donors (Lipinski definition) is 0. The van der Waals surface area contributed by atoms with E-state index in [0.29, 0.717) is 36.8 Å². The molecular weight excluding hydrogens is 370 g/mol.